The average molecular weight is 398 g/mol. The van der Waals surface area contributed by atoms with Crippen LogP contribution < -0.4 is 4.31 Å². The van der Waals surface area contributed by atoms with E-state index in [2.05, 4.69) is 20.9 Å². The molecule has 3 rings (SSSR count). The van der Waals surface area contributed by atoms with Gasteiger partial charge >= 0.3 is 0 Å². The number of sulfonamides is 1. The highest BCUT2D eigenvalue weighted by atomic mass is 79.9. The number of hydrogen-bond donors (Lipinski definition) is 0. The maximum atomic E-state index is 12.9. The monoisotopic (exact) mass is 397 g/mol. The molecule has 1 saturated carbocycles. The summed E-state index contributed by atoms with van der Waals surface area (Å²) in [6.07, 6.45) is 4.85. The molecule has 0 bridgehead atoms. The van der Waals surface area contributed by atoms with Gasteiger partial charge in [-0.05, 0) is 46.8 Å². The van der Waals surface area contributed by atoms with Gasteiger partial charge in [0.05, 0.1) is 5.69 Å². The Morgan fingerprint density at radius 1 is 1.35 bits per heavy atom. The van der Waals surface area contributed by atoms with Crippen LogP contribution in [-0.4, -0.2) is 25.0 Å². The first-order valence-electron chi connectivity index (χ1n) is 7.73. The molecular formula is C16H20BrN3O2S. The van der Waals surface area contributed by atoms with Crippen LogP contribution in [0.5, 0.6) is 0 Å². The van der Waals surface area contributed by atoms with Crippen LogP contribution in [0.2, 0.25) is 0 Å². The van der Waals surface area contributed by atoms with E-state index in [4.69, 9.17) is 0 Å². The normalized spacial score (nSPS) is 14.9. The first-order chi connectivity index (χ1) is 10.9. The summed E-state index contributed by atoms with van der Waals surface area (Å²) in [5, 5.41) is 0.119. The fraction of sp³-hybridized carbons (Fsp3) is 0.438. The topological polar surface area (TPSA) is 55.2 Å². The molecule has 5 nitrogen and oxygen atoms in total. The molecule has 1 fully saturated rings. The van der Waals surface area contributed by atoms with Crippen LogP contribution in [0.1, 0.15) is 25.6 Å². The Morgan fingerprint density at radius 2 is 2.04 bits per heavy atom. The van der Waals surface area contributed by atoms with Crippen molar-refractivity contribution in [2.24, 2.45) is 5.92 Å². The first-order valence-corrected chi connectivity index (χ1v) is 9.96. The number of para-hydroxylation sites is 1. The van der Waals surface area contributed by atoms with E-state index in [-0.39, 0.29) is 5.03 Å². The molecule has 1 aliphatic rings. The van der Waals surface area contributed by atoms with Crippen LogP contribution >= 0.6 is 15.9 Å². The van der Waals surface area contributed by atoms with Crippen molar-refractivity contribution in [2.75, 3.05) is 11.4 Å². The highest BCUT2D eigenvalue weighted by Crippen LogP contribution is 2.32. The number of rotatable bonds is 6. The molecule has 7 heteroatoms. The lowest BCUT2D eigenvalue weighted by molar-refractivity contribution is 0.589. The molecule has 0 aliphatic heterocycles. The third-order valence-electron chi connectivity index (χ3n) is 4.12. The van der Waals surface area contributed by atoms with Gasteiger partial charge < -0.3 is 4.57 Å². The fourth-order valence-corrected chi connectivity index (χ4v) is 4.40. The Hall–Kier alpha value is -1.34. The largest absolute Gasteiger partial charge is 0.333 e. The second kappa shape index (κ2) is 6.28. The van der Waals surface area contributed by atoms with Crippen LogP contribution in [0.25, 0.3) is 0 Å². The van der Waals surface area contributed by atoms with E-state index >= 15 is 0 Å². The van der Waals surface area contributed by atoms with Gasteiger partial charge in [-0.15, -0.1) is 0 Å². The van der Waals surface area contributed by atoms with Crippen molar-refractivity contribution in [2.45, 2.75) is 37.8 Å². The predicted molar refractivity (Wildman–Crippen MR) is 94.1 cm³/mol. The van der Waals surface area contributed by atoms with Gasteiger partial charge in [-0.1, -0.05) is 19.1 Å². The molecule has 124 valence electrons. The molecule has 0 saturated heterocycles. The van der Waals surface area contributed by atoms with E-state index < -0.39 is 10.0 Å². The molecule has 23 heavy (non-hydrogen) atoms. The first kappa shape index (κ1) is 16.5. The number of halogens is 1. The smallest absolute Gasteiger partial charge is 0.283 e. The minimum absolute atomic E-state index is 0.119. The van der Waals surface area contributed by atoms with Gasteiger partial charge in [-0.2, -0.15) is 8.42 Å². The van der Waals surface area contributed by atoms with E-state index in [1.54, 1.807) is 19.3 Å². The predicted octanol–water partition coefficient (Wildman–Crippen LogP) is 3.44. The Balaban J connectivity index is 1.95. The zero-order valence-electron chi connectivity index (χ0n) is 13.2. The maximum absolute atomic E-state index is 12.9. The van der Waals surface area contributed by atoms with Gasteiger partial charge in [0.25, 0.3) is 10.0 Å². The molecule has 2 aromatic rings. The molecule has 1 heterocycles. The summed E-state index contributed by atoms with van der Waals surface area (Å²) in [6, 6.07) is 7.26. The molecule has 0 atom stereocenters. The summed E-state index contributed by atoms with van der Waals surface area (Å²) in [4.78, 5) is 4.38. The Kier molecular flexibility index (Phi) is 4.51. The van der Waals surface area contributed by atoms with Crippen LogP contribution in [0, 0.1) is 5.92 Å². The molecule has 0 radical (unpaired) electrons. The van der Waals surface area contributed by atoms with Crippen LogP contribution in [-0.2, 0) is 23.0 Å². The molecule has 1 aromatic heterocycles. The molecule has 1 aliphatic carbocycles. The highest BCUT2D eigenvalue weighted by molar-refractivity contribution is 9.10. The number of benzene rings is 1. The molecular weight excluding hydrogens is 378 g/mol. The highest BCUT2D eigenvalue weighted by Gasteiger charge is 2.28. The van der Waals surface area contributed by atoms with Crippen molar-refractivity contribution in [1.29, 1.82) is 0 Å². The van der Waals surface area contributed by atoms with E-state index in [9.17, 15) is 8.42 Å². The van der Waals surface area contributed by atoms with Crippen molar-refractivity contribution in [3.63, 3.8) is 0 Å². The SMILES string of the molecule is CCc1nc(S(=O)(=O)N(C)c2ccccc2Br)cn1CC1CC1. The Morgan fingerprint density at radius 3 is 2.65 bits per heavy atom. The van der Waals surface area contributed by atoms with Gasteiger partial charge in [0.15, 0.2) is 5.03 Å². The Bertz CT molecular complexity index is 812. The maximum Gasteiger partial charge on any atom is 0.283 e. The second-order valence-corrected chi connectivity index (χ2v) is 8.64. The van der Waals surface area contributed by atoms with E-state index in [1.807, 2.05) is 29.7 Å². The minimum atomic E-state index is -3.67. The van der Waals surface area contributed by atoms with Crippen LogP contribution in [0.3, 0.4) is 0 Å². The lowest BCUT2D eigenvalue weighted by atomic mass is 10.3. The van der Waals surface area contributed by atoms with E-state index in [0.717, 1.165) is 23.3 Å². The molecule has 0 unspecified atom stereocenters. The molecule has 0 N–H and O–H groups in total. The Labute approximate surface area is 145 Å². The number of hydrogen-bond acceptors (Lipinski definition) is 3. The summed E-state index contributed by atoms with van der Waals surface area (Å²) in [6.45, 7) is 2.87. The molecule has 0 amide bonds. The number of aromatic nitrogens is 2. The average Bonchev–Trinajstić information content (AvgIpc) is 3.24. The van der Waals surface area contributed by atoms with Gasteiger partial charge in [-0.3, -0.25) is 4.31 Å². The number of anilines is 1. The zero-order valence-corrected chi connectivity index (χ0v) is 15.6. The quantitative estimate of drug-likeness (QED) is 0.749. The number of aryl methyl sites for hydroxylation is 1. The lowest BCUT2D eigenvalue weighted by Crippen LogP contribution is -2.27. The molecule has 1 aromatic carbocycles. The van der Waals surface area contributed by atoms with E-state index in [0.29, 0.717) is 11.6 Å². The summed E-state index contributed by atoms with van der Waals surface area (Å²) in [7, 11) is -2.11. The van der Waals surface area contributed by atoms with Crippen LogP contribution in [0.4, 0.5) is 5.69 Å². The van der Waals surface area contributed by atoms with Crippen molar-refractivity contribution in [3.05, 3.63) is 40.8 Å². The second-order valence-electron chi connectivity index (χ2n) is 5.87. The van der Waals surface area contributed by atoms with Crippen LogP contribution in [0.15, 0.2) is 40.0 Å². The zero-order chi connectivity index (χ0) is 16.6. The standard InChI is InChI=1S/C16H20BrN3O2S/c1-3-15-18-16(11-20(15)10-12-8-9-12)23(21,22)19(2)14-7-5-4-6-13(14)17/h4-7,11-12H,3,8-10H2,1-2H3. The van der Waals surface area contributed by atoms with Gasteiger partial charge in [0, 0.05) is 30.7 Å². The van der Waals surface area contributed by atoms with Crippen molar-refractivity contribution < 1.29 is 8.42 Å². The van der Waals surface area contributed by atoms with Crippen molar-refractivity contribution >= 4 is 31.6 Å². The summed E-state index contributed by atoms with van der Waals surface area (Å²) in [5.74, 6) is 1.50. The van der Waals surface area contributed by atoms with Crippen molar-refractivity contribution in [1.82, 2.24) is 9.55 Å². The summed E-state index contributed by atoms with van der Waals surface area (Å²) >= 11 is 3.40. The van der Waals surface area contributed by atoms with Gasteiger partial charge in [0.2, 0.25) is 0 Å². The van der Waals surface area contributed by atoms with Crippen molar-refractivity contribution in [3.8, 4) is 0 Å². The number of nitrogens with zero attached hydrogens (tertiary/aromatic N) is 3. The fourth-order valence-electron chi connectivity index (χ4n) is 2.55. The van der Waals surface area contributed by atoms with E-state index in [1.165, 1.54) is 17.1 Å². The summed E-state index contributed by atoms with van der Waals surface area (Å²) < 4.78 is 29.8. The summed E-state index contributed by atoms with van der Waals surface area (Å²) in [5.41, 5.74) is 0.599. The third kappa shape index (κ3) is 3.30. The van der Waals surface area contributed by atoms with Gasteiger partial charge in [-0.25, -0.2) is 4.98 Å². The molecule has 0 spiro atoms. The third-order valence-corrected chi connectivity index (χ3v) is 6.44. The number of imidazole rings is 1. The lowest BCUT2D eigenvalue weighted by Gasteiger charge is -2.19. The minimum Gasteiger partial charge on any atom is -0.333 e. The van der Waals surface area contributed by atoms with Gasteiger partial charge in [0.1, 0.15) is 5.82 Å².